The second-order valence-electron chi connectivity index (χ2n) is 7.61. The van der Waals surface area contributed by atoms with E-state index in [0.29, 0.717) is 19.5 Å². The average Bonchev–Trinajstić information content (AvgIpc) is 3.37. The molecule has 1 saturated heterocycles. The summed E-state index contributed by atoms with van der Waals surface area (Å²) in [5.41, 5.74) is 1.12. The molecule has 1 aromatic heterocycles. The largest absolute Gasteiger partial charge is 0.481 e. The smallest absolute Gasteiger partial charge is 0.317 e. The molecule has 7 nitrogen and oxygen atoms in total. The van der Waals surface area contributed by atoms with E-state index >= 15 is 0 Å². The highest BCUT2D eigenvalue weighted by Gasteiger charge is 2.55. The summed E-state index contributed by atoms with van der Waals surface area (Å²) in [5.74, 6) is -0.704. The molecule has 142 valence electrons. The Bertz CT molecular complexity index is 851. The Balaban J connectivity index is 1.49. The van der Waals surface area contributed by atoms with Crippen LogP contribution in [0.3, 0.4) is 0 Å². The molecule has 2 aliphatic rings. The van der Waals surface area contributed by atoms with E-state index in [0.717, 1.165) is 24.1 Å². The first-order chi connectivity index (χ1) is 13.0. The first-order valence-electron chi connectivity index (χ1n) is 9.39. The van der Waals surface area contributed by atoms with Crippen molar-refractivity contribution in [2.45, 2.75) is 32.2 Å². The van der Waals surface area contributed by atoms with E-state index in [4.69, 9.17) is 0 Å². The maximum Gasteiger partial charge on any atom is 0.317 e. The van der Waals surface area contributed by atoms with E-state index < -0.39 is 11.4 Å². The maximum absolute atomic E-state index is 12.8. The number of rotatable bonds is 4. The molecular formula is C20H24N4O3. The molecule has 27 heavy (non-hydrogen) atoms. The van der Waals surface area contributed by atoms with Gasteiger partial charge in [0.1, 0.15) is 0 Å². The predicted octanol–water partition coefficient (Wildman–Crippen LogP) is 2.83. The highest BCUT2D eigenvalue weighted by molar-refractivity contribution is 5.81. The number of hydrogen-bond acceptors (Lipinski definition) is 3. The van der Waals surface area contributed by atoms with Gasteiger partial charge in [0, 0.05) is 25.5 Å². The molecule has 7 heteroatoms. The van der Waals surface area contributed by atoms with Crippen LogP contribution in [0.1, 0.15) is 37.8 Å². The quantitative estimate of drug-likeness (QED) is 0.869. The lowest BCUT2D eigenvalue weighted by Gasteiger charge is -2.25. The minimum atomic E-state index is -0.766. The molecule has 0 radical (unpaired) electrons. The van der Waals surface area contributed by atoms with Gasteiger partial charge in [-0.3, -0.25) is 4.79 Å². The van der Waals surface area contributed by atoms with Crippen LogP contribution in [0.15, 0.2) is 42.7 Å². The number of carbonyl (C=O) groups is 2. The van der Waals surface area contributed by atoms with Crippen molar-refractivity contribution >= 4 is 12.0 Å². The SMILES string of the molecule is CC(NC(=O)N1C[C@@H]2CCC[C@@]2(C(=O)O)C1)c1ccccc1-n1cccn1. The second-order valence-corrected chi connectivity index (χ2v) is 7.61. The minimum absolute atomic E-state index is 0.0624. The number of amides is 2. The van der Waals surface area contributed by atoms with Crippen LogP contribution in [-0.4, -0.2) is 44.9 Å². The number of likely N-dealkylation sites (tertiary alicyclic amines) is 1. The summed E-state index contributed by atoms with van der Waals surface area (Å²) in [7, 11) is 0. The molecule has 2 fully saturated rings. The van der Waals surface area contributed by atoms with Gasteiger partial charge in [-0.1, -0.05) is 24.6 Å². The van der Waals surface area contributed by atoms with Crippen LogP contribution in [-0.2, 0) is 4.79 Å². The number of benzene rings is 1. The monoisotopic (exact) mass is 368 g/mol. The number of para-hydroxylation sites is 1. The van der Waals surface area contributed by atoms with Crippen molar-refractivity contribution in [1.82, 2.24) is 20.0 Å². The van der Waals surface area contributed by atoms with Crippen LogP contribution in [0, 0.1) is 11.3 Å². The van der Waals surface area contributed by atoms with E-state index in [-0.39, 0.29) is 18.0 Å². The minimum Gasteiger partial charge on any atom is -0.481 e. The molecule has 1 aliphatic heterocycles. The molecule has 0 bridgehead atoms. The van der Waals surface area contributed by atoms with E-state index in [1.54, 1.807) is 15.8 Å². The number of fused-ring (bicyclic) bond motifs is 1. The molecule has 4 rings (SSSR count). The second kappa shape index (κ2) is 6.72. The molecule has 2 N–H and O–H groups in total. The topological polar surface area (TPSA) is 87.5 Å². The zero-order valence-corrected chi connectivity index (χ0v) is 15.3. The molecule has 2 aromatic rings. The third-order valence-corrected chi connectivity index (χ3v) is 6.08. The summed E-state index contributed by atoms with van der Waals surface area (Å²) in [4.78, 5) is 26.3. The number of carboxylic acid groups (broad SMARTS) is 1. The normalized spacial score (nSPS) is 25.2. The molecule has 1 unspecified atom stereocenters. The lowest BCUT2D eigenvalue weighted by Crippen LogP contribution is -2.42. The molecule has 3 atom stereocenters. The molecule has 1 saturated carbocycles. The van der Waals surface area contributed by atoms with Gasteiger partial charge in [0.2, 0.25) is 0 Å². The van der Waals surface area contributed by atoms with Gasteiger partial charge < -0.3 is 15.3 Å². The fourth-order valence-electron chi connectivity index (χ4n) is 4.62. The molecule has 0 spiro atoms. The molecular weight excluding hydrogens is 344 g/mol. The summed E-state index contributed by atoms with van der Waals surface area (Å²) in [6, 6.07) is 9.24. The third kappa shape index (κ3) is 2.97. The van der Waals surface area contributed by atoms with Crippen molar-refractivity contribution in [2.75, 3.05) is 13.1 Å². The summed E-state index contributed by atoms with van der Waals surface area (Å²) >= 11 is 0. The van der Waals surface area contributed by atoms with Crippen molar-refractivity contribution in [3.05, 3.63) is 48.3 Å². The van der Waals surface area contributed by atoms with Crippen molar-refractivity contribution in [2.24, 2.45) is 11.3 Å². The number of nitrogens with zero attached hydrogens (tertiary/aromatic N) is 3. The highest BCUT2D eigenvalue weighted by Crippen LogP contribution is 2.48. The standard InChI is InChI=1S/C20H24N4O3/c1-14(16-7-2-3-8-17(16)24-11-5-10-21-24)22-19(27)23-12-15-6-4-9-20(15,13-23)18(25)26/h2-3,5,7-8,10-11,14-15H,4,6,9,12-13H2,1H3,(H,22,27)(H,25,26)/t14?,15-,20+/m0/s1. The van der Waals surface area contributed by atoms with Crippen molar-refractivity contribution < 1.29 is 14.7 Å². The number of hydrogen-bond donors (Lipinski definition) is 2. The third-order valence-electron chi connectivity index (χ3n) is 6.08. The summed E-state index contributed by atoms with van der Waals surface area (Å²) < 4.78 is 1.78. The average molecular weight is 368 g/mol. The van der Waals surface area contributed by atoms with Gasteiger partial charge in [0.25, 0.3) is 0 Å². The Kier molecular flexibility index (Phi) is 4.37. The zero-order chi connectivity index (χ0) is 19.0. The van der Waals surface area contributed by atoms with Crippen LogP contribution < -0.4 is 5.32 Å². The molecule has 1 aromatic carbocycles. The fourth-order valence-corrected chi connectivity index (χ4v) is 4.62. The van der Waals surface area contributed by atoms with Gasteiger partial charge in [-0.05, 0) is 43.4 Å². The fraction of sp³-hybridized carbons (Fsp3) is 0.450. The summed E-state index contributed by atoms with van der Waals surface area (Å²) in [6.45, 7) is 2.75. The summed E-state index contributed by atoms with van der Waals surface area (Å²) in [6.07, 6.45) is 6.06. The number of aromatic nitrogens is 2. The van der Waals surface area contributed by atoms with E-state index in [1.165, 1.54) is 0 Å². The lowest BCUT2D eigenvalue weighted by molar-refractivity contribution is -0.149. The first kappa shape index (κ1) is 17.6. The van der Waals surface area contributed by atoms with E-state index in [2.05, 4.69) is 10.4 Å². The Morgan fingerprint density at radius 3 is 2.85 bits per heavy atom. The predicted molar refractivity (Wildman–Crippen MR) is 99.5 cm³/mol. The van der Waals surface area contributed by atoms with Crippen molar-refractivity contribution in [3.63, 3.8) is 0 Å². The van der Waals surface area contributed by atoms with Crippen molar-refractivity contribution in [1.29, 1.82) is 0 Å². The van der Waals surface area contributed by atoms with Gasteiger partial charge in [-0.2, -0.15) is 5.10 Å². The number of carboxylic acids is 1. The van der Waals surface area contributed by atoms with Crippen LogP contribution in [0.2, 0.25) is 0 Å². The Labute approximate surface area is 158 Å². The highest BCUT2D eigenvalue weighted by atomic mass is 16.4. The Morgan fingerprint density at radius 1 is 1.33 bits per heavy atom. The molecule has 1 aliphatic carbocycles. The Hall–Kier alpha value is -2.83. The van der Waals surface area contributed by atoms with Gasteiger partial charge >= 0.3 is 12.0 Å². The van der Waals surface area contributed by atoms with Crippen LogP contribution in [0.4, 0.5) is 4.79 Å². The van der Waals surface area contributed by atoms with Gasteiger partial charge in [-0.15, -0.1) is 0 Å². The number of aliphatic carboxylic acids is 1. The summed E-state index contributed by atoms with van der Waals surface area (Å²) in [5, 5.41) is 17.0. The maximum atomic E-state index is 12.8. The van der Waals surface area contributed by atoms with E-state index in [9.17, 15) is 14.7 Å². The van der Waals surface area contributed by atoms with E-state index in [1.807, 2.05) is 43.5 Å². The van der Waals surface area contributed by atoms with Crippen molar-refractivity contribution in [3.8, 4) is 5.69 Å². The molecule has 2 amide bonds. The Morgan fingerprint density at radius 2 is 2.15 bits per heavy atom. The van der Waals surface area contributed by atoms with Gasteiger partial charge in [-0.25, -0.2) is 9.48 Å². The zero-order valence-electron chi connectivity index (χ0n) is 15.3. The lowest BCUT2D eigenvalue weighted by atomic mass is 9.81. The number of urea groups is 1. The number of nitrogens with one attached hydrogen (secondary N) is 1. The van der Waals surface area contributed by atoms with Crippen LogP contribution in [0.5, 0.6) is 0 Å². The first-order valence-corrected chi connectivity index (χ1v) is 9.39. The van der Waals surface area contributed by atoms with Crippen LogP contribution >= 0.6 is 0 Å². The van der Waals surface area contributed by atoms with Gasteiger partial charge in [0.05, 0.1) is 17.1 Å². The number of carbonyl (C=O) groups excluding carboxylic acids is 1. The molecule has 2 heterocycles. The van der Waals surface area contributed by atoms with Crippen LogP contribution in [0.25, 0.3) is 5.69 Å². The van der Waals surface area contributed by atoms with Gasteiger partial charge in [0.15, 0.2) is 0 Å².